The molecule has 1 fully saturated rings. The van der Waals surface area contributed by atoms with E-state index in [2.05, 4.69) is 29.3 Å². The van der Waals surface area contributed by atoms with Crippen molar-refractivity contribution in [2.45, 2.75) is 38.4 Å². The molecular weight excluding hydrogens is 307 g/mol. The van der Waals surface area contributed by atoms with Crippen molar-refractivity contribution in [3.8, 4) is 0 Å². The van der Waals surface area contributed by atoms with Crippen LogP contribution in [0.5, 0.6) is 0 Å². The lowest BCUT2D eigenvalue weighted by Crippen LogP contribution is -2.41. The molecule has 23 heavy (non-hydrogen) atoms. The van der Waals surface area contributed by atoms with Crippen molar-refractivity contribution in [3.05, 3.63) is 71.5 Å². The van der Waals surface area contributed by atoms with Gasteiger partial charge in [-0.3, -0.25) is 0 Å². The molecular formula is C19H21FN2S. The Kier molecular flexibility index (Phi) is 4.91. The standard InChI is InChI=1S/C19H21FN2S/c1-14(15-7-3-2-4-8-15)21-19(23)22(17-11-12-17)13-16-9-5-6-10-18(16)20/h2-10,14,17H,11-13H2,1H3,(H,21,23). The van der Waals surface area contributed by atoms with E-state index in [-0.39, 0.29) is 11.9 Å². The van der Waals surface area contributed by atoms with Gasteiger partial charge >= 0.3 is 0 Å². The predicted molar refractivity (Wildman–Crippen MR) is 95.6 cm³/mol. The molecule has 0 aromatic heterocycles. The van der Waals surface area contributed by atoms with E-state index in [4.69, 9.17) is 12.2 Å². The minimum Gasteiger partial charge on any atom is -0.356 e. The third kappa shape index (κ3) is 4.08. The van der Waals surface area contributed by atoms with Gasteiger partial charge in [0.1, 0.15) is 5.82 Å². The molecule has 2 nitrogen and oxygen atoms in total. The normalized spacial score (nSPS) is 15.0. The monoisotopic (exact) mass is 328 g/mol. The van der Waals surface area contributed by atoms with Gasteiger partial charge in [-0.2, -0.15) is 0 Å². The van der Waals surface area contributed by atoms with Crippen LogP contribution in [0.15, 0.2) is 54.6 Å². The van der Waals surface area contributed by atoms with Crippen molar-refractivity contribution >= 4 is 17.3 Å². The second-order valence-corrected chi connectivity index (χ2v) is 6.42. The molecule has 3 rings (SSSR count). The van der Waals surface area contributed by atoms with Crippen LogP contribution in [0.3, 0.4) is 0 Å². The quantitative estimate of drug-likeness (QED) is 0.818. The summed E-state index contributed by atoms with van der Waals surface area (Å²) in [7, 11) is 0. The minimum atomic E-state index is -0.169. The number of hydrogen-bond acceptors (Lipinski definition) is 1. The van der Waals surface area contributed by atoms with Gasteiger partial charge in [0.25, 0.3) is 0 Å². The Balaban J connectivity index is 1.69. The maximum atomic E-state index is 13.9. The SMILES string of the molecule is CC(NC(=S)N(Cc1ccccc1F)C1CC1)c1ccccc1. The maximum absolute atomic E-state index is 13.9. The van der Waals surface area contributed by atoms with E-state index in [1.807, 2.05) is 30.3 Å². The van der Waals surface area contributed by atoms with Gasteiger partial charge in [0.05, 0.1) is 6.04 Å². The lowest BCUT2D eigenvalue weighted by Gasteiger charge is -2.28. The van der Waals surface area contributed by atoms with Gasteiger partial charge in [0.2, 0.25) is 0 Å². The number of halogens is 1. The number of thiocarbonyl (C=S) groups is 1. The molecule has 0 amide bonds. The molecule has 1 aliphatic carbocycles. The molecule has 0 saturated heterocycles. The van der Waals surface area contributed by atoms with Crippen LogP contribution in [-0.2, 0) is 6.54 Å². The fourth-order valence-electron chi connectivity index (χ4n) is 2.66. The Hall–Kier alpha value is -1.94. The summed E-state index contributed by atoms with van der Waals surface area (Å²) in [6.07, 6.45) is 2.24. The number of hydrogen-bond donors (Lipinski definition) is 1. The van der Waals surface area contributed by atoms with E-state index in [0.29, 0.717) is 23.3 Å². The first-order valence-electron chi connectivity index (χ1n) is 8.00. The van der Waals surface area contributed by atoms with Crippen LogP contribution >= 0.6 is 12.2 Å². The van der Waals surface area contributed by atoms with Crippen molar-refractivity contribution < 1.29 is 4.39 Å². The highest BCUT2D eigenvalue weighted by molar-refractivity contribution is 7.80. The second kappa shape index (κ2) is 7.09. The summed E-state index contributed by atoms with van der Waals surface area (Å²) in [5, 5.41) is 4.09. The van der Waals surface area contributed by atoms with Gasteiger partial charge in [0, 0.05) is 18.2 Å². The number of rotatable bonds is 5. The average molecular weight is 328 g/mol. The number of nitrogens with one attached hydrogen (secondary N) is 1. The molecule has 0 radical (unpaired) electrons. The Morgan fingerprint density at radius 2 is 1.83 bits per heavy atom. The van der Waals surface area contributed by atoms with E-state index in [1.165, 1.54) is 11.6 Å². The van der Waals surface area contributed by atoms with E-state index in [1.54, 1.807) is 6.07 Å². The van der Waals surface area contributed by atoms with E-state index in [9.17, 15) is 4.39 Å². The van der Waals surface area contributed by atoms with Gasteiger partial charge < -0.3 is 10.2 Å². The summed E-state index contributed by atoms with van der Waals surface area (Å²) in [6, 6.07) is 17.7. The Labute approximate surface area is 142 Å². The summed E-state index contributed by atoms with van der Waals surface area (Å²) in [4.78, 5) is 2.12. The van der Waals surface area contributed by atoms with E-state index in [0.717, 1.165) is 12.8 Å². The van der Waals surface area contributed by atoms with Crippen molar-refractivity contribution in [1.82, 2.24) is 10.2 Å². The summed E-state index contributed by atoms with van der Waals surface area (Å²) in [5.74, 6) is -0.169. The Morgan fingerprint density at radius 1 is 1.17 bits per heavy atom. The third-order valence-corrected chi connectivity index (χ3v) is 4.54. The van der Waals surface area contributed by atoms with Crippen molar-refractivity contribution in [2.75, 3.05) is 0 Å². The first kappa shape index (κ1) is 15.9. The largest absolute Gasteiger partial charge is 0.356 e. The summed E-state index contributed by atoms with van der Waals surface area (Å²) in [6.45, 7) is 2.61. The van der Waals surface area contributed by atoms with Crippen LogP contribution in [0.1, 0.15) is 36.9 Å². The van der Waals surface area contributed by atoms with Gasteiger partial charge in [-0.05, 0) is 43.6 Å². The topological polar surface area (TPSA) is 15.3 Å². The van der Waals surface area contributed by atoms with Gasteiger partial charge in [0.15, 0.2) is 5.11 Å². The van der Waals surface area contributed by atoms with Gasteiger partial charge in [-0.25, -0.2) is 4.39 Å². The molecule has 0 bridgehead atoms. The Bertz CT molecular complexity index is 670. The van der Waals surface area contributed by atoms with E-state index >= 15 is 0 Å². The summed E-state index contributed by atoms with van der Waals surface area (Å²) < 4.78 is 13.9. The highest BCUT2D eigenvalue weighted by Gasteiger charge is 2.31. The smallest absolute Gasteiger partial charge is 0.169 e. The van der Waals surface area contributed by atoms with Gasteiger partial charge in [-0.1, -0.05) is 48.5 Å². The molecule has 0 aliphatic heterocycles. The lowest BCUT2D eigenvalue weighted by atomic mass is 10.1. The van der Waals surface area contributed by atoms with Crippen LogP contribution in [0.4, 0.5) is 4.39 Å². The van der Waals surface area contributed by atoms with Crippen LogP contribution in [0, 0.1) is 5.82 Å². The average Bonchev–Trinajstić information content (AvgIpc) is 3.39. The zero-order chi connectivity index (χ0) is 16.2. The molecule has 0 heterocycles. The minimum absolute atomic E-state index is 0.130. The molecule has 4 heteroatoms. The zero-order valence-corrected chi connectivity index (χ0v) is 14.0. The highest BCUT2D eigenvalue weighted by Crippen LogP contribution is 2.29. The second-order valence-electron chi connectivity index (χ2n) is 6.03. The van der Waals surface area contributed by atoms with Gasteiger partial charge in [-0.15, -0.1) is 0 Å². The predicted octanol–water partition coefficient (Wildman–Crippen LogP) is 4.43. The summed E-state index contributed by atoms with van der Waals surface area (Å²) >= 11 is 5.60. The molecule has 1 saturated carbocycles. The molecule has 1 atom stereocenters. The molecule has 1 N–H and O–H groups in total. The molecule has 1 aliphatic rings. The van der Waals surface area contributed by atoms with Crippen molar-refractivity contribution in [2.24, 2.45) is 0 Å². The number of nitrogens with zero attached hydrogens (tertiary/aromatic N) is 1. The van der Waals surface area contributed by atoms with Crippen LogP contribution < -0.4 is 5.32 Å². The first-order chi connectivity index (χ1) is 11.1. The fraction of sp³-hybridized carbons (Fsp3) is 0.316. The Morgan fingerprint density at radius 3 is 2.48 bits per heavy atom. The number of benzene rings is 2. The van der Waals surface area contributed by atoms with Crippen LogP contribution in [0.25, 0.3) is 0 Å². The molecule has 2 aromatic carbocycles. The van der Waals surface area contributed by atoms with Crippen LogP contribution in [0.2, 0.25) is 0 Å². The van der Waals surface area contributed by atoms with Crippen LogP contribution in [-0.4, -0.2) is 16.1 Å². The molecule has 120 valence electrons. The third-order valence-electron chi connectivity index (χ3n) is 4.19. The molecule has 0 spiro atoms. The fourth-order valence-corrected chi connectivity index (χ4v) is 3.05. The van der Waals surface area contributed by atoms with E-state index < -0.39 is 0 Å². The van der Waals surface area contributed by atoms with Crippen molar-refractivity contribution in [1.29, 1.82) is 0 Å². The molecule has 2 aromatic rings. The summed E-state index contributed by atoms with van der Waals surface area (Å²) in [5.41, 5.74) is 1.88. The zero-order valence-electron chi connectivity index (χ0n) is 13.2. The maximum Gasteiger partial charge on any atom is 0.169 e. The van der Waals surface area contributed by atoms with Crippen molar-refractivity contribution in [3.63, 3.8) is 0 Å². The molecule has 1 unspecified atom stereocenters. The highest BCUT2D eigenvalue weighted by atomic mass is 32.1. The lowest BCUT2D eigenvalue weighted by molar-refractivity contribution is 0.382. The first-order valence-corrected chi connectivity index (χ1v) is 8.41.